The first-order chi connectivity index (χ1) is 6.27. The van der Waals surface area contributed by atoms with Gasteiger partial charge in [0.2, 0.25) is 0 Å². The van der Waals surface area contributed by atoms with E-state index in [0.717, 1.165) is 5.69 Å². The SMILES string of the molecule is NC1CNNC1c1ccc(F)cn1. The van der Waals surface area contributed by atoms with Crippen LogP contribution in [0.1, 0.15) is 11.7 Å². The molecule has 1 aromatic heterocycles. The van der Waals surface area contributed by atoms with Crippen molar-refractivity contribution in [1.29, 1.82) is 0 Å². The summed E-state index contributed by atoms with van der Waals surface area (Å²) in [4.78, 5) is 3.95. The second-order valence-corrected chi connectivity index (χ2v) is 3.07. The molecule has 13 heavy (non-hydrogen) atoms. The maximum atomic E-state index is 12.5. The monoisotopic (exact) mass is 182 g/mol. The first-order valence-corrected chi connectivity index (χ1v) is 4.13. The highest BCUT2D eigenvalue weighted by molar-refractivity contribution is 5.13. The smallest absolute Gasteiger partial charge is 0.141 e. The van der Waals surface area contributed by atoms with Crippen LogP contribution in [0, 0.1) is 5.82 Å². The van der Waals surface area contributed by atoms with Gasteiger partial charge in [0, 0.05) is 12.6 Å². The van der Waals surface area contributed by atoms with Gasteiger partial charge in [-0.3, -0.25) is 10.4 Å². The van der Waals surface area contributed by atoms with E-state index in [4.69, 9.17) is 5.73 Å². The van der Waals surface area contributed by atoms with Crippen molar-refractivity contribution >= 4 is 0 Å². The minimum atomic E-state index is -0.330. The van der Waals surface area contributed by atoms with E-state index in [9.17, 15) is 4.39 Å². The van der Waals surface area contributed by atoms with Gasteiger partial charge >= 0.3 is 0 Å². The Balaban J connectivity index is 2.20. The van der Waals surface area contributed by atoms with Crippen LogP contribution in [0.25, 0.3) is 0 Å². The van der Waals surface area contributed by atoms with Crippen molar-refractivity contribution in [2.24, 2.45) is 5.73 Å². The Hall–Kier alpha value is -1.04. The Bertz CT molecular complexity index is 287. The number of hydrogen-bond acceptors (Lipinski definition) is 4. The summed E-state index contributed by atoms with van der Waals surface area (Å²) >= 11 is 0. The Labute approximate surface area is 75.3 Å². The molecule has 0 aliphatic carbocycles. The van der Waals surface area contributed by atoms with Crippen molar-refractivity contribution in [3.05, 3.63) is 29.8 Å². The zero-order chi connectivity index (χ0) is 9.26. The molecule has 0 spiro atoms. The van der Waals surface area contributed by atoms with E-state index in [1.54, 1.807) is 6.07 Å². The molecule has 0 amide bonds. The highest BCUT2D eigenvalue weighted by atomic mass is 19.1. The van der Waals surface area contributed by atoms with Gasteiger partial charge < -0.3 is 5.73 Å². The molecule has 2 atom stereocenters. The van der Waals surface area contributed by atoms with Gasteiger partial charge in [0.05, 0.1) is 17.9 Å². The number of nitrogens with zero attached hydrogens (tertiary/aromatic N) is 1. The first-order valence-electron chi connectivity index (χ1n) is 4.13. The zero-order valence-corrected chi connectivity index (χ0v) is 7.00. The predicted octanol–water partition coefficient (Wildman–Crippen LogP) is -0.303. The molecule has 2 unspecified atom stereocenters. The highest BCUT2D eigenvalue weighted by Crippen LogP contribution is 2.15. The van der Waals surface area contributed by atoms with Crippen molar-refractivity contribution in [3.63, 3.8) is 0 Å². The molecule has 5 heteroatoms. The number of nitrogens with one attached hydrogen (secondary N) is 2. The van der Waals surface area contributed by atoms with E-state index in [-0.39, 0.29) is 17.9 Å². The lowest BCUT2D eigenvalue weighted by atomic mass is 10.1. The molecule has 1 aliphatic heterocycles. The van der Waals surface area contributed by atoms with E-state index >= 15 is 0 Å². The maximum Gasteiger partial charge on any atom is 0.141 e. The molecule has 1 aromatic rings. The Morgan fingerprint density at radius 3 is 2.92 bits per heavy atom. The molecule has 1 aliphatic rings. The van der Waals surface area contributed by atoms with Crippen LogP contribution in [-0.4, -0.2) is 17.6 Å². The summed E-state index contributed by atoms with van der Waals surface area (Å²) in [5, 5.41) is 0. The van der Waals surface area contributed by atoms with Crippen LogP contribution in [-0.2, 0) is 0 Å². The van der Waals surface area contributed by atoms with Gasteiger partial charge in [-0.25, -0.2) is 9.82 Å². The summed E-state index contributed by atoms with van der Waals surface area (Å²) in [6.07, 6.45) is 1.20. The van der Waals surface area contributed by atoms with Crippen LogP contribution in [0.15, 0.2) is 18.3 Å². The third kappa shape index (κ3) is 1.67. The average molecular weight is 182 g/mol. The topological polar surface area (TPSA) is 63.0 Å². The van der Waals surface area contributed by atoms with Crippen molar-refractivity contribution in [1.82, 2.24) is 15.8 Å². The Morgan fingerprint density at radius 2 is 2.38 bits per heavy atom. The van der Waals surface area contributed by atoms with Crippen LogP contribution >= 0.6 is 0 Å². The molecule has 4 nitrogen and oxygen atoms in total. The van der Waals surface area contributed by atoms with Gasteiger partial charge in [0.15, 0.2) is 0 Å². The lowest BCUT2D eigenvalue weighted by Crippen LogP contribution is -2.30. The number of hydrazine groups is 1. The summed E-state index contributed by atoms with van der Waals surface area (Å²) < 4.78 is 12.5. The van der Waals surface area contributed by atoms with Gasteiger partial charge in [-0.05, 0) is 12.1 Å². The largest absolute Gasteiger partial charge is 0.325 e. The number of hydrogen-bond donors (Lipinski definition) is 3. The summed E-state index contributed by atoms with van der Waals surface area (Å²) in [6, 6.07) is 2.98. The molecule has 0 saturated carbocycles. The number of halogens is 1. The van der Waals surface area contributed by atoms with Gasteiger partial charge in [-0.1, -0.05) is 0 Å². The fraction of sp³-hybridized carbons (Fsp3) is 0.375. The molecule has 1 fully saturated rings. The summed E-state index contributed by atoms with van der Waals surface area (Å²) in [5.41, 5.74) is 12.5. The van der Waals surface area contributed by atoms with E-state index in [1.165, 1.54) is 12.3 Å². The van der Waals surface area contributed by atoms with Gasteiger partial charge in [-0.15, -0.1) is 0 Å². The quantitative estimate of drug-likeness (QED) is 0.558. The molecule has 0 bridgehead atoms. The summed E-state index contributed by atoms with van der Waals surface area (Å²) in [7, 11) is 0. The van der Waals surface area contributed by atoms with Crippen LogP contribution in [0.4, 0.5) is 4.39 Å². The minimum absolute atomic E-state index is 0.0158. The van der Waals surface area contributed by atoms with Crippen LogP contribution in [0.5, 0.6) is 0 Å². The molecule has 4 N–H and O–H groups in total. The number of aromatic nitrogens is 1. The van der Waals surface area contributed by atoms with E-state index < -0.39 is 0 Å². The van der Waals surface area contributed by atoms with Gasteiger partial charge in [0.25, 0.3) is 0 Å². The fourth-order valence-electron chi connectivity index (χ4n) is 1.38. The maximum absolute atomic E-state index is 12.5. The normalized spacial score (nSPS) is 27.8. The third-order valence-electron chi connectivity index (χ3n) is 2.09. The molecular weight excluding hydrogens is 171 g/mol. The predicted molar refractivity (Wildman–Crippen MR) is 46.0 cm³/mol. The summed E-state index contributed by atoms with van der Waals surface area (Å²) in [5.74, 6) is -0.330. The minimum Gasteiger partial charge on any atom is -0.325 e. The lowest BCUT2D eigenvalue weighted by Gasteiger charge is -2.12. The van der Waals surface area contributed by atoms with Crippen molar-refractivity contribution in [2.75, 3.05) is 6.54 Å². The molecular formula is C8H11FN4. The van der Waals surface area contributed by atoms with Gasteiger partial charge in [-0.2, -0.15) is 0 Å². The second kappa shape index (κ2) is 3.37. The third-order valence-corrected chi connectivity index (χ3v) is 2.09. The van der Waals surface area contributed by atoms with E-state index in [1.807, 2.05) is 0 Å². The number of pyridine rings is 1. The van der Waals surface area contributed by atoms with Crippen molar-refractivity contribution in [3.8, 4) is 0 Å². The average Bonchev–Trinajstić information content (AvgIpc) is 2.53. The summed E-state index contributed by atoms with van der Waals surface area (Å²) in [6.45, 7) is 0.698. The number of nitrogens with two attached hydrogens (primary N) is 1. The van der Waals surface area contributed by atoms with Gasteiger partial charge in [0.1, 0.15) is 5.82 Å². The molecule has 2 rings (SSSR count). The standard InChI is InChI=1S/C8H11FN4/c9-5-1-2-7(11-3-5)8-6(10)4-12-13-8/h1-3,6,8,12-13H,4,10H2. The van der Waals surface area contributed by atoms with Crippen molar-refractivity contribution in [2.45, 2.75) is 12.1 Å². The van der Waals surface area contributed by atoms with Crippen molar-refractivity contribution < 1.29 is 4.39 Å². The highest BCUT2D eigenvalue weighted by Gasteiger charge is 2.25. The number of rotatable bonds is 1. The molecule has 0 radical (unpaired) electrons. The molecule has 0 aromatic carbocycles. The zero-order valence-electron chi connectivity index (χ0n) is 7.00. The Kier molecular flexibility index (Phi) is 2.22. The van der Waals surface area contributed by atoms with Crippen LogP contribution < -0.4 is 16.6 Å². The van der Waals surface area contributed by atoms with E-state index in [2.05, 4.69) is 15.8 Å². The van der Waals surface area contributed by atoms with E-state index in [0.29, 0.717) is 6.54 Å². The second-order valence-electron chi connectivity index (χ2n) is 3.07. The molecule has 2 heterocycles. The lowest BCUT2D eigenvalue weighted by molar-refractivity contribution is 0.533. The molecule has 70 valence electrons. The molecule has 1 saturated heterocycles. The van der Waals surface area contributed by atoms with Crippen LogP contribution in [0.2, 0.25) is 0 Å². The first kappa shape index (κ1) is 8.55. The van der Waals surface area contributed by atoms with Crippen LogP contribution in [0.3, 0.4) is 0 Å². The Morgan fingerprint density at radius 1 is 1.54 bits per heavy atom. The fourth-order valence-corrected chi connectivity index (χ4v) is 1.38.